The number of likely N-dealkylation sites (tertiary alicyclic amines) is 1. The zero-order chi connectivity index (χ0) is 16.4. The normalized spacial score (nSPS) is 26.8. The standard InChI is InChI=1S/C18H22ClNO3/c19-16-6-2-1-5-13(16)14-10-15(14)18(23)20-9-3-4-12(11-20)7-8-17(21)22/h1-2,5-6,12,14-15H,3-4,7-11H2,(H,21,22)/t12-,14+,15+/m0/s1. The van der Waals surface area contributed by atoms with Crippen LogP contribution in [0.3, 0.4) is 0 Å². The second-order valence-electron chi connectivity index (χ2n) is 6.70. The molecule has 0 aromatic heterocycles. The number of hydrogen-bond donors (Lipinski definition) is 1. The van der Waals surface area contributed by atoms with Gasteiger partial charge in [0.05, 0.1) is 0 Å². The van der Waals surface area contributed by atoms with Gasteiger partial charge in [0.25, 0.3) is 0 Å². The predicted octanol–water partition coefficient (Wildman–Crippen LogP) is 3.55. The van der Waals surface area contributed by atoms with E-state index in [-0.39, 0.29) is 24.2 Å². The number of halogens is 1. The maximum absolute atomic E-state index is 12.7. The van der Waals surface area contributed by atoms with Crippen molar-refractivity contribution in [2.75, 3.05) is 13.1 Å². The Kier molecular flexibility index (Phi) is 4.90. The first kappa shape index (κ1) is 16.3. The zero-order valence-electron chi connectivity index (χ0n) is 13.1. The van der Waals surface area contributed by atoms with E-state index in [0.717, 1.165) is 36.4 Å². The highest BCUT2D eigenvalue weighted by molar-refractivity contribution is 6.31. The van der Waals surface area contributed by atoms with Gasteiger partial charge in [-0.1, -0.05) is 29.8 Å². The number of hydrogen-bond acceptors (Lipinski definition) is 2. The van der Waals surface area contributed by atoms with Crippen LogP contribution in [0.15, 0.2) is 24.3 Å². The van der Waals surface area contributed by atoms with Crippen LogP contribution in [0.1, 0.15) is 43.6 Å². The molecular formula is C18H22ClNO3. The lowest BCUT2D eigenvalue weighted by molar-refractivity contribution is -0.137. The third kappa shape index (κ3) is 3.86. The number of rotatable bonds is 5. The first-order valence-electron chi connectivity index (χ1n) is 8.31. The van der Waals surface area contributed by atoms with Crippen molar-refractivity contribution in [3.8, 4) is 0 Å². The van der Waals surface area contributed by atoms with Crippen molar-refractivity contribution in [2.45, 2.75) is 38.0 Å². The lowest BCUT2D eigenvalue weighted by Crippen LogP contribution is -2.41. The summed E-state index contributed by atoms with van der Waals surface area (Å²) in [7, 11) is 0. The van der Waals surface area contributed by atoms with Crippen molar-refractivity contribution in [2.24, 2.45) is 11.8 Å². The Morgan fingerprint density at radius 2 is 2.09 bits per heavy atom. The second-order valence-corrected chi connectivity index (χ2v) is 7.10. The number of carbonyl (C=O) groups excluding carboxylic acids is 1. The monoisotopic (exact) mass is 335 g/mol. The average molecular weight is 336 g/mol. The molecule has 1 saturated carbocycles. The SMILES string of the molecule is O=C(O)CC[C@@H]1CCCN(C(=O)[C@@H]2C[C@@H]2c2ccccc2Cl)C1. The number of carboxylic acid groups (broad SMARTS) is 1. The molecule has 3 atom stereocenters. The molecule has 1 N–H and O–H groups in total. The van der Waals surface area contributed by atoms with Crippen LogP contribution in [0.5, 0.6) is 0 Å². The molecule has 1 aliphatic heterocycles. The molecule has 3 rings (SSSR count). The van der Waals surface area contributed by atoms with Gasteiger partial charge in [0, 0.05) is 30.5 Å². The summed E-state index contributed by atoms with van der Waals surface area (Å²) in [5, 5.41) is 9.55. The van der Waals surface area contributed by atoms with Crippen LogP contribution in [0.25, 0.3) is 0 Å². The maximum Gasteiger partial charge on any atom is 0.303 e. The van der Waals surface area contributed by atoms with Gasteiger partial charge < -0.3 is 10.0 Å². The number of nitrogens with zero attached hydrogens (tertiary/aromatic N) is 1. The number of benzene rings is 1. The number of carbonyl (C=O) groups is 2. The summed E-state index contributed by atoms with van der Waals surface area (Å²) in [5.74, 6) is 0.0782. The van der Waals surface area contributed by atoms with Crippen molar-refractivity contribution in [1.82, 2.24) is 4.90 Å². The largest absolute Gasteiger partial charge is 0.481 e. The topological polar surface area (TPSA) is 57.6 Å². The van der Waals surface area contributed by atoms with Gasteiger partial charge in [0.2, 0.25) is 5.91 Å². The summed E-state index contributed by atoms with van der Waals surface area (Å²) in [5.41, 5.74) is 1.08. The van der Waals surface area contributed by atoms with E-state index in [9.17, 15) is 9.59 Å². The van der Waals surface area contributed by atoms with E-state index in [1.54, 1.807) is 0 Å². The van der Waals surface area contributed by atoms with Crippen molar-refractivity contribution in [3.05, 3.63) is 34.9 Å². The summed E-state index contributed by atoms with van der Waals surface area (Å²) in [6.07, 6.45) is 3.73. The Hall–Kier alpha value is -1.55. The smallest absolute Gasteiger partial charge is 0.303 e. The van der Waals surface area contributed by atoms with Gasteiger partial charge in [-0.05, 0) is 49.1 Å². The minimum absolute atomic E-state index is 0.0492. The van der Waals surface area contributed by atoms with E-state index in [4.69, 9.17) is 16.7 Å². The zero-order valence-corrected chi connectivity index (χ0v) is 13.8. The number of amides is 1. The van der Waals surface area contributed by atoms with E-state index in [2.05, 4.69) is 0 Å². The molecule has 1 aromatic rings. The number of piperidine rings is 1. The first-order chi connectivity index (χ1) is 11.1. The highest BCUT2D eigenvalue weighted by Crippen LogP contribution is 2.50. The second kappa shape index (κ2) is 6.91. The minimum Gasteiger partial charge on any atom is -0.481 e. The van der Waals surface area contributed by atoms with Crippen LogP contribution in [-0.4, -0.2) is 35.0 Å². The lowest BCUT2D eigenvalue weighted by Gasteiger charge is -2.33. The number of carboxylic acids is 1. The summed E-state index contributed by atoms with van der Waals surface area (Å²) in [4.78, 5) is 25.4. The average Bonchev–Trinajstić information content (AvgIpc) is 3.33. The molecule has 5 heteroatoms. The third-order valence-electron chi connectivity index (χ3n) is 5.01. The van der Waals surface area contributed by atoms with Gasteiger partial charge >= 0.3 is 5.97 Å². The van der Waals surface area contributed by atoms with Gasteiger partial charge in [0.15, 0.2) is 0 Å². The summed E-state index contributed by atoms with van der Waals surface area (Å²) >= 11 is 6.23. The summed E-state index contributed by atoms with van der Waals surface area (Å²) in [6, 6.07) is 7.75. The molecule has 4 nitrogen and oxygen atoms in total. The molecule has 1 heterocycles. The molecule has 1 aromatic carbocycles. The Morgan fingerprint density at radius 3 is 2.83 bits per heavy atom. The Balaban J connectivity index is 1.57. The fourth-order valence-corrected chi connectivity index (χ4v) is 3.93. The molecule has 0 unspecified atom stereocenters. The van der Waals surface area contributed by atoms with Gasteiger partial charge in [-0.3, -0.25) is 9.59 Å². The van der Waals surface area contributed by atoms with Gasteiger partial charge in [-0.15, -0.1) is 0 Å². The molecule has 1 aliphatic carbocycles. The predicted molar refractivity (Wildman–Crippen MR) is 88.5 cm³/mol. The van der Waals surface area contributed by atoms with Crippen molar-refractivity contribution >= 4 is 23.5 Å². The van der Waals surface area contributed by atoms with Crippen LogP contribution in [-0.2, 0) is 9.59 Å². The molecule has 124 valence electrons. The van der Waals surface area contributed by atoms with Crippen LogP contribution < -0.4 is 0 Å². The van der Waals surface area contributed by atoms with Gasteiger partial charge in [-0.25, -0.2) is 0 Å². The van der Waals surface area contributed by atoms with E-state index in [0.29, 0.717) is 18.9 Å². The molecule has 0 spiro atoms. The third-order valence-corrected chi connectivity index (χ3v) is 5.35. The first-order valence-corrected chi connectivity index (χ1v) is 8.69. The molecule has 0 bridgehead atoms. The molecule has 23 heavy (non-hydrogen) atoms. The maximum atomic E-state index is 12.7. The fraction of sp³-hybridized carbons (Fsp3) is 0.556. The van der Waals surface area contributed by atoms with Gasteiger partial charge in [-0.2, -0.15) is 0 Å². The van der Waals surface area contributed by atoms with E-state index >= 15 is 0 Å². The minimum atomic E-state index is -0.755. The van der Waals surface area contributed by atoms with Crippen molar-refractivity contribution in [1.29, 1.82) is 0 Å². The fourth-order valence-electron chi connectivity index (χ4n) is 3.65. The van der Waals surface area contributed by atoms with Crippen LogP contribution >= 0.6 is 11.6 Å². The van der Waals surface area contributed by atoms with Crippen LogP contribution in [0.2, 0.25) is 5.02 Å². The Labute approximate surface area is 141 Å². The van der Waals surface area contributed by atoms with E-state index < -0.39 is 5.97 Å². The quantitative estimate of drug-likeness (QED) is 0.895. The molecule has 2 fully saturated rings. The molecule has 2 aliphatic rings. The highest BCUT2D eigenvalue weighted by Gasteiger charge is 2.46. The molecule has 1 amide bonds. The van der Waals surface area contributed by atoms with Gasteiger partial charge in [0.1, 0.15) is 0 Å². The van der Waals surface area contributed by atoms with Crippen molar-refractivity contribution < 1.29 is 14.7 Å². The summed E-state index contributed by atoms with van der Waals surface area (Å²) in [6.45, 7) is 1.51. The van der Waals surface area contributed by atoms with Crippen molar-refractivity contribution in [3.63, 3.8) is 0 Å². The van der Waals surface area contributed by atoms with E-state index in [1.807, 2.05) is 29.2 Å². The summed E-state index contributed by atoms with van der Waals surface area (Å²) < 4.78 is 0. The number of aliphatic carboxylic acids is 1. The lowest BCUT2D eigenvalue weighted by atomic mass is 9.93. The Morgan fingerprint density at radius 1 is 1.30 bits per heavy atom. The molecular weight excluding hydrogens is 314 g/mol. The van der Waals surface area contributed by atoms with Crippen LogP contribution in [0.4, 0.5) is 0 Å². The molecule has 1 saturated heterocycles. The Bertz CT molecular complexity index is 604. The van der Waals surface area contributed by atoms with E-state index in [1.165, 1.54) is 0 Å². The van der Waals surface area contributed by atoms with Crippen LogP contribution in [0, 0.1) is 11.8 Å². The highest BCUT2D eigenvalue weighted by atomic mass is 35.5. The molecule has 0 radical (unpaired) electrons.